The average Bonchev–Trinajstić information content (AvgIpc) is 3.06. The van der Waals surface area contributed by atoms with E-state index in [1.807, 2.05) is 0 Å². The van der Waals surface area contributed by atoms with E-state index in [4.69, 9.17) is 16.1 Å². The third kappa shape index (κ3) is 3.16. The largest absolute Gasteiger partial charge is 0.339 e. The van der Waals surface area contributed by atoms with Crippen LogP contribution in [0.25, 0.3) is 0 Å². The van der Waals surface area contributed by atoms with Gasteiger partial charge in [0.05, 0.1) is 0 Å². The molecule has 106 valence electrons. The van der Waals surface area contributed by atoms with Crippen molar-refractivity contribution in [3.05, 3.63) is 46.3 Å². The van der Waals surface area contributed by atoms with Crippen LogP contribution in [0.1, 0.15) is 23.7 Å². The molecule has 1 unspecified atom stereocenters. The van der Waals surface area contributed by atoms with E-state index in [1.165, 1.54) is 12.1 Å². The number of halogens is 2. The Labute approximate surface area is 121 Å². The van der Waals surface area contributed by atoms with E-state index in [1.54, 1.807) is 6.07 Å². The van der Waals surface area contributed by atoms with Crippen LogP contribution in [0.3, 0.4) is 0 Å². The lowest BCUT2D eigenvalue weighted by Crippen LogP contribution is -2.10. The van der Waals surface area contributed by atoms with Gasteiger partial charge in [-0.2, -0.15) is 4.98 Å². The molecule has 20 heavy (non-hydrogen) atoms. The van der Waals surface area contributed by atoms with E-state index in [9.17, 15) is 4.39 Å². The summed E-state index contributed by atoms with van der Waals surface area (Å²) in [6, 6.07) is 4.32. The molecule has 0 spiro atoms. The van der Waals surface area contributed by atoms with Gasteiger partial charge in [0.2, 0.25) is 5.89 Å². The summed E-state index contributed by atoms with van der Waals surface area (Å²) < 4.78 is 18.2. The van der Waals surface area contributed by atoms with Crippen molar-refractivity contribution in [2.75, 3.05) is 13.1 Å². The summed E-state index contributed by atoms with van der Waals surface area (Å²) in [7, 11) is 0. The Hall–Kier alpha value is -1.46. The molecule has 1 fully saturated rings. The van der Waals surface area contributed by atoms with E-state index < -0.39 is 0 Å². The number of hydrogen-bond acceptors (Lipinski definition) is 4. The number of hydrogen-bond donors (Lipinski definition) is 1. The smallest absolute Gasteiger partial charge is 0.226 e. The minimum Gasteiger partial charge on any atom is -0.339 e. The highest BCUT2D eigenvalue weighted by molar-refractivity contribution is 6.31. The standard InChI is InChI=1S/C14H15ClFN3O/c15-12-7-11(16)2-1-10(12)6-13-18-14(20-19-13)5-9-3-4-17-8-9/h1-2,7,9,17H,3-6,8H2. The van der Waals surface area contributed by atoms with Gasteiger partial charge in [-0.05, 0) is 43.1 Å². The SMILES string of the molecule is Fc1ccc(Cc2noc(CC3CCNC3)n2)c(Cl)c1. The number of aromatic nitrogens is 2. The Kier molecular flexibility index (Phi) is 3.98. The predicted molar refractivity (Wildman–Crippen MR) is 73.2 cm³/mol. The molecular weight excluding hydrogens is 281 g/mol. The van der Waals surface area contributed by atoms with E-state index in [2.05, 4.69) is 15.5 Å². The molecular formula is C14H15ClFN3O. The Morgan fingerprint density at radius 1 is 1.45 bits per heavy atom. The zero-order valence-electron chi connectivity index (χ0n) is 10.9. The molecule has 1 saturated heterocycles. The molecule has 1 aliphatic rings. The van der Waals surface area contributed by atoms with E-state index in [0.717, 1.165) is 31.5 Å². The van der Waals surface area contributed by atoms with Crippen molar-refractivity contribution in [3.63, 3.8) is 0 Å². The highest BCUT2D eigenvalue weighted by atomic mass is 35.5. The Balaban J connectivity index is 1.67. The van der Waals surface area contributed by atoms with Crippen molar-refractivity contribution < 1.29 is 8.91 Å². The first-order valence-electron chi connectivity index (χ1n) is 6.67. The molecule has 6 heteroatoms. The first-order valence-corrected chi connectivity index (χ1v) is 7.04. The molecule has 2 heterocycles. The molecule has 1 atom stereocenters. The zero-order valence-corrected chi connectivity index (χ0v) is 11.7. The van der Waals surface area contributed by atoms with Gasteiger partial charge in [-0.1, -0.05) is 22.8 Å². The second kappa shape index (κ2) is 5.89. The lowest BCUT2D eigenvalue weighted by Gasteiger charge is -2.02. The summed E-state index contributed by atoms with van der Waals surface area (Å²) >= 11 is 5.99. The Morgan fingerprint density at radius 2 is 2.35 bits per heavy atom. The van der Waals surface area contributed by atoms with Crippen LogP contribution in [0.4, 0.5) is 4.39 Å². The summed E-state index contributed by atoms with van der Waals surface area (Å²) in [5.41, 5.74) is 0.794. The van der Waals surface area contributed by atoms with Crippen molar-refractivity contribution in [1.29, 1.82) is 0 Å². The molecule has 0 amide bonds. The van der Waals surface area contributed by atoms with E-state index in [-0.39, 0.29) is 5.82 Å². The van der Waals surface area contributed by atoms with Gasteiger partial charge in [-0.3, -0.25) is 0 Å². The quantitative estimate of drug-likeness (QED) is 0.942. The number of rotatable bonds is 4. The molecule has 3 rings (SSSR count). The molecule has 1 aliphatic heterocycles. The van der Waals surface area contributed by atoms with Crippen molar-refractivity contribution in [2.45, 2.75) is 19.3 Å². The fraction of sp³-hybridized carbons (Fsp3) is 0.429. The van der Waals surface area contributed by atoms with Gasteiger partial charge in [0.25, 0.3) is 0 Å². The normalized spacial score (nSPS) is 18.6. The average molecular weight is 296 g/mol. The van der Waals surface area contributed by atoms with Crippen LogP contribution >= 0.6 is 11.6 Å². The summed E-state index contributed by atoms with van der Waals surface area (Å²) in [5, 5.41) is 7.65. The highest BCUT2D eigenvalue weighted by Crippen LogP contribution is 2.20. The van der Waals surface area contributed by atoms with Gasteiger partial charge < -0.3 is 9.84 Å². The third-order valence-electron chi connectivity index (χ3n) is 3.50. The van der Waals surface area contributed by atoms with Crippen molar-refractivity contribution in [2.24, 2.45) is 5.92 Å². The Bertz CT molecular complexity index is 596. The van der Waals surface area contributed by atoms with Crippen molar-refractivity contribution in [1.82, 2.24) is 15.5 Å². The maximum atomic E-state index is 13.0. The van der Waals surface area contributed by atoms with Crippen LogP contribution in [0.2, 0.25) is 5.02 Å². The minimum absolute atomic E-state index is 0.346. The van der Waals surface area contributed by atoms with Crippen LogP contribution in [0.5, 0.6) is 0 Å². The summed E-state index contributed by atoms with van der Waals surface area (Å²) in [6.45, 7) is 2.05. The predicted octanol–water partition coefficient (Wildman–Crippen LogP) is 2.60. The van der Waals surface area contributed by atoms with Gasteiger partial charge in [0, 0.05) is 17.9 Å². The van der Waals surface area contributed by atoms with Crippen LogP contribution < -0.4 is 5.32 Å². The number of nitrogens with zero attached hydrogens (tertiary/aromatic N) is 2. The molecule has 2 aromatic rings. The van der Waals surface area contributed by atoms with Crippen LogP contribution in [0.15, 0.2) is 22.7 Å². The molecule has 1 aromatic heterocycles. The number of nitrogens with one attached hydrogen (secondary N) is 1. The first kappa shape index (κ1) is 13.5. The summed E-state index contributed by atoms with van der Waals surface area (Å²) in [5.74, 6) is 1.46. The van der Waals surface area contributed by atoms with Gasteiger partial charge in [0.1, 0.15) is 5.82 Å². The van der Waals surface area contributed by atoms with Gasteiger partial charge >= 0.3 is 0 Å². The van der Waals surface area contributed by atoms with Crippen molar-refractivity contribution >= 4 is 11.6 Å². The van der Waals surface area contributed by atoms with Crippen LogP contribution in [0, 0.1) is 11.7 Å². The van der Waals surface area contributed by atoms with Crippen LogP contribution in [-0.4, -0.2) is 23.2 Å². The molecule has 1 aromatic carbocycles. The fourth-order valence-electron chi connectivity index (χ4n) is 2.42. The topological polar surface area (TPSA) is 51.0 Å². The minimum atomic E-state index is -0.346. The Morgan fingerprint density at radius 3 is 3.10 bits per heavy atom. The third-order valence-corrected chi connectivity index (χ3v) is 3.85. The maximum Gasteiger partial charge on any atom is 0.226 e. The van der Waals surface area contributed by atoms with Gasteiger partial charge in [-0.25, -0.2) is 4.39 Å². The molecule has 1 N–H and O–H groups in total. The second-order valence-corrected chi connectivity index (χ2v) is 5.49. The molecule has 0 radical (unpaired) electrons. The summed E-state index contributed by atoms with van der Waals surface area (Å²) in [6.07, 6.45) is 2.39. The number of benzene rings is 1. The van der Waals surface area contributed by atoms with Crippen molar-refractivity contribution in [3.8, 4) is 0 Å². The highest BCUT2D eigenvalue weighted by Gasteiger charge is 2.18. The monoisotopic (exact) mass is 295 g/mol. The maximum absolute atomic E-state index is 13.0. The molecule has 4 nitrogen and oxygen atoms in total. The van der Waals surface area contributed by atoms with Crippen LogP contribution in [-0.2, 0) is 12.8 Å². The fourth-order valence-corrected chi connectivity index (χ4v) is 2.65. The molecule has 0 aliphatic carbocycles. The lowest BCUT2D eigenvalue weighted by atomic mass is 10.1. The van der Waals surface area contributed by atoms with E-state index >= 15 is 0 Å². The lowest BCUT2D eigenvalue weighted by molar-refractivity contribution is 0.354. The summed E-state index contributed by atoms with van der Waals surface area (Å²) in [4.78, 5) is 4.37. The molecule has 0 saturated carbocycles. The first-order chi connectivity index (χ1) is 9.70. The second-order valence-electron chi connectivity index (χ2n) is 5.08. The molecule has 0 bridgehead atoms. The zero-order chi connectivity index (χ0) is 13.9. The van der Waals surface area contributed by atoms with E-state index in [0.29, 0.717) is 29.1 Å². The van der Waals surface area contributed by atoms with Gasteiger partial charge in [0.15, 0.2) is 5.82 Å². The van der Waals surface area contributed by atoms with Gasteiger partial charge in [-0.15, -0.1) is 0 Å².